The molecule has 0 spiro atoms. The van der Waals surface area contributed by atoms with Crippen LogP contribution < -0.4 is 5.32 Å². The summed E-state index contributed by atoms with van der Waals surface area (Å²) in [5, 5.41) is 2.70. The molecule has 0 saturated carbocycles. The molecule has 1 heterocycles. The molecule has 17 heavy (non-hydrogen) atoms. The average molecular weight is 240 g/mol. The van der Waals surface area contributed by atoms with E-state index in [0.717, 1.165) is 19.5 Å². The molecule has 1 fully saturated rings. The summed E-state index contributed by atoms with van der Waals surface area (Å²) < 4.78 is 0. The number of carbonyl (C=O) groups is 2. The summed E-state index contributed by atoms with van der Waals surface area (Å²) in [7, 11) is 0. The molecule has 1 atom stereocenters. The molecule has 0 radical (unpaired) electrons. The molecule has 1 unspecified atom stereocenters. The van der Waals surface area contributed by atoms with Gasteiger partial charge in [0, 0.05) is 18.5 Å². The zero-order chi connectivity index (χ0) is 13.1. The van der Waals surface area contributed by atoms with Crippen LogP contribution in [0.1, 0.15) is 40.5 Å². The van der Waals surface area contributed by atoms with Crippen molar-refractivity contribution in [2.24, 2.45) is 11.3 Å². The lowest BCUT2D eigenvalue weighted by Crippen LogP contribution is -2.46. The van der Waals surface area contributed by atoms with Crippen LogP contribution in [0.3, 0.4) is 0 Å². The van der Waals surface area contributed by atoms with E-state index in [1.54, 1.807) is 0 Å². The van der Waals surface area contributed by atoms with E-state index < -0.39 is 5.41 Å². The van der Waals surface area contributed by atoms with Crippen molar-refractivity contribution in [3.05, 3.63) is 0 Å². The smallest absolute Gasteiger partial charge is 0.241 e. The summed E-state index contributed by atoms with van der Waals surface area (Å²) >= 11 is 0. The molecule has 1 saturated heterocycles. The maximum Gasteiger partial charge on any atom is 0.241 e. The van der Waals surface area contributed by atoms with Gasteiger partial charge in [-0.2, -0.15) is 0 Å². The molecular weight excluding hydrogens is 216 g/mol. The summed E-state index contributed by atoms with van der Waals surface area (Å²) in [5.41, 5.74) is -0.435. The lowest BCUT2D eigenvalue weighted by molar-refractivity contribution is -0.136. The van der Waals surface area contributed by atoms with Crippen LogP contribution in [-0.2, 0) is 9.59 Å². The Balaban J connectivity index is 2.37. The summed E-state index contributed by atoms with van der Waals surface area (Å²) in [6, 6.07) is 0. The lowest BCUT2D eigenvalue weighted by Gasteiger charge is -2.31. The second-order valence-corrected chi connectivity index (χ2v) is 6.02. The van der Waals surface area contributed by atoms with Gasteiger partial charge in [0.2, 0.25) is 11.8 Å². The number of nitrogens with one attached hydrogen (secondary N) is 1. The van der Waals surface area contributed by atoms with Gasteiger partial charge in [0.1, 0.15) is 0 Å². The van der Waals surface area contributed by atoms with Crippen molar-refractivity contribution < 1.29 is 9.59 Å². The quantitative estimate of drug-likeness (QED) is 0.793. The monoisotopic (exact) mass is 240 g/mol. The molecule has 0 aromatic carbocycles. The molecule has 98 valence electrons. The minimum atomic E-state index is -0.435. The van der Waals surface area contributed by atoms with Crippen molar-refractivity contribution >= 4 is 11.8 Å². The molecule has 0 aromatic heterocycles. The van der Waals surface area contributed by atoms with Gasteiger partial charge in [-0.05, 0) is 18.8 Å². The van der Waals surface area contributed by atoms with Crippen LogP contribution >= 0.6 is 0 Å². The molecule has 0 aromatic rings. The highest BCUT2D eigenvalue weighted by molar-refractivity contribution is 5.87. The Morgan fingerprint density at radius 1 is 1.35 bits per heavy atom. The van der Waals surface area contributed by atoms with Gasteiger partial charge in [0.25, 0.3) is 0 Å². The van der Waals surface area contributed by atoms with Crippen LogP contribution in [0, 0.1) is 11.3 Å². The van der Waals surface area contributed by atoms with E-state index in [-0.39, 0.29) is 18.4 Å². The minimum Gasteiger partial charge on any atom is -0.347 e. The summed E-state index contributed by atoms with van der Waals surface area (Å²) in [5.74, 6) is 0.538. The van der Waals surface area contributed by atoms with E-state index in [1.165, 1.54) is 6.42 Å². The molecule has 1 aliphatic rings. The third-order valence-corrected chi connectivity index (χ3v) is 3.09. The van der Waals surface area contributed by atoms with Gasteiger partial charge in [-0.15, -0.1) is 0 Å². The first-order valence-corrected chi connectivity index (χ1v) is 6.37. The van der Waals surface area contributed by atoms with Gasteiger partial charge in [0.05, 0.1) is 6.54 Å². The molecule has 1 aliphatic heterocycles. The number of carbonyl (C=O) groups excluding carboxylic acids is 2. The van der Waals surface area contributed by atoms with Gasteiger partial charge >= 0.3 is 0 Å². The Hall–Kier alpha value is -1.06. The van der Waals surface area contributed by atoms with Gasteiger partial charge in [0.15, 0.2) is 0 Å². The number of piperidine rings is 1. The van der Waals surface area contributed by atoms with E-state index in [1.807, 2.05) is 25.7 Å². The third-order valence-electron chi connectivity index (χ3n) is 3.09. The average Bonchev–Trinajstić information content (AvgIpc) is 2.24. The second kappa shape index (κ2) is 5.52. The fraction of sp³-hybridized carbons (Fsp3) is 0.846. The largest absolute Gasteiger partial charge is 0.347 e. The molecule has 4 nitrogen and oxygen atoms in total. The highest BCUT2D eigenvalue weighted by atomic mass is 16.2. The molecular formula is C13H24N2O2. The van der Waals surface area contributed by atoms with E-state index >= 15 is 0 Å². The number of nitrogens with zero attached hydrogens (tertiary/aromatic N) is 1. The Labute approximate surface area is 104 Å². The van der Waals surface area contributed by atoms with Crippen LogP contribution in [0.5, 0.6) is 0 Å². The standard InChI is InChI=1S/C13H24N2O2/c1-10-6-5-7-15(9-10)11(16)8-14-12(17)13(2,3)4/h10H,5-9H2,1-4H3,(H,14,17). The maximum atomic E-state index is 11.9. The van der Waals surface area contributed by atoms with Crippen molar-refractivity contribution in [1.82, 2.24) is 10.2 Å². The molecule has 1 rings (SSSR count). The van der Waals surface area contributed by atoms with Crippen LogP contribution in [0.2, 0.25) is 0 Å². The Kier molecular flexibility index (Phi) is 4.54. The lowest BCUT2D eigenvalue weighted by atomic mass is 9.96. The molecule has 4 heteroatoms. The Bertz CT molecular complexity index is 294. The van der Waals surface area contributed by atoms with Crippen LogP contribution in [0.15, 0.2) is 0 Å². The first-order chi connectivity index (χ1) is 7.80. The topological polar surface area (TPSA) is 49.4 Å². The normalized spacial score (nSPS) is 21.2. The first kappa shape index (κ1) is 14.0. The van der Waals surface area contributed by atoms with Crippen LogP contribution in [0.25, 0.3) is 0 Å². The highest BCUT2D eigenvalue weighted by Gasteiger charge is 2.24. The van der Waals surface area contributed by atoms with E-state index in [4.69, 9.17) is 0 Å². The van der Waals surface area contributed by atoms with Crippen molar-refractivity contribution in [3.63, 3.8) is 0 Å². The molecule has 0 aliphatic carbocycles. The summed E-state index contributed by atoms with van der Waals surface area (Å²) in [4.78, 5) is 25.4. The number of rotatable bonds is 2. The molecule has 2 amide bonds. The second-order valence-electron chi connectivity index (χ2n) is 6.02. The van der Waals surface area contributed by atoms with Gasteiger partial charge in [-0.25, -0.2) is 0 Å². The van der Waals surface area contributed by atoms with Crippen molar-refractivity contribution in [2.45, 2.75) is 40.5 Å². The zero-order valence-corrected chi connectivity index (χ0v) is 11.4. The maximum absolute atomic E-state index is 11.9. The minimum absolute atomic E-state index is 0.0363. The molecule has 0 bridgehead atoms. The SMILES string of the molecule is CC1CCCN(C(=O)CNC(=O)C(C)(C)C)C1. The Morgan fingerprint density at radius 2 is 2.00 bits per heavy atom. The van der Waals surface area contributed by atoms with Gasteiger partial charge < -0.3 is 10.2 Å². The number of hydrogen-bond donors (Lipinski definition) is 1. The first-order valence-electron chi connectivity index (χ1n) is 6.37. The zero-order valence-electron chi connectivity index (χ0n) is 11.4. The van der Waals surface area contributed by atoms with Crippen LogP contribution in [-0.4, -0.2) is 36.3 Å². The predicted molar refractivity (Wildman–Crippen MR) is 67.4 cm³/mol. The van der Waals surface area contributed by atoms with E-state index in [9.17, 15) is 9.59 Å². The van der Waals surface area contributed by atoms with Crippen molar-refractivity contribution in [2.75, 3.05) is 19.6 Å². The van der Waals surface area contributed by atoms with Crippen LogP contribution in [0.4, 0.5) is 0 Å². The van der Waals surface area contributed by atoms with Crippen molar-refractivity contribution in [3.8, 4) is 0 Å². The van der Waals surface area contributed by atoms with E-state index in [0.29, 0.717) is 5.92 Å². The summed E-state index contributed by atoms with van der Waals surface area (Å²) in [6.45, 7) is 9.47. The molecule has 1 N–H and O–H groups in total. The predicted octanol–water partition coefficient (Wildman–Crippen LogP) is 1.41. The fourth-order valence-corrected chi connectivity index (χ4v) is 1.95. The highest BCUT2D eigenvalue weighted by Crippen LogP contribution is 2.15. The number of hydrogen-bond acceptors (Lipinski definition) is 2. The van der Waals surface area contributed by atoms with Gasteiger partial charge in [-0.1, -0.05) is 27.7 Å². The van der Waals surface area contributed by atoms with Crippen molar-refractivity contribution in [1.29, 1.82) is 0 Å². The number of amides is 2. The Morgan fingerprint density at radius 3 is 2.53 bits per heavy atom. The fourth-order valence-electron chi connectivity index (χ4n) is 1.95. The van der Waals surface area contributed by atoms with E-state index in [2.05, 4.69) is 12.2 Å². The van der Waals surface area contributed by atoms with Gasteiger partial charge in [-0.3, -0.25) is 9.59 Å². The number of likely N-dealkylation sites (tertiary alicyclic amines) is 1. The summed E-state index contributed by atoms with van der Waals surface area (Å²) in [6.07, 6.45) is 2.26. The third kappa shape index (κ3) is 4.36.